The fourth-order valence-corrected chi connectivity index (χ4v) is 2.53. The summed E-state index contributed by atoms with van der Waals surface area (Å²) < 4.78 is 26.5. The van der Waals surface area contributed by atoms with Crippen LogP contribution in [0.2, 0.25) is 0 Å². The molecule has 3 aromatic rings. The molecule has 0 fully saturated rings. The SMILES string of the molecule is NC(Cc1cc(F)cc(F)c1)c1cncc2ccccc12. The van der Waals surface area contributed by atoms with Crippen molar-refractivity contribution >= 4 is 10.8 Å². The molecule has 0 saturated carbocycles. The third-order valence-electron chi connectivity index (χ3n) is 3.48. The van der Waals surface area contributed by atoms with Crippen LogP contribution in [0.15, 0.2) is 54.9 Å². The van der Waals surface area contributed by atoms with Crippen molar-refractivity contribution in [2.24, 2.45) is 5.73 Å². The lowest BCUT2D eigenvalue weighted by molar-refractivity contribution is 0.576. The lowest BCUT2D eigenvalue weighted by atomic mass is 9.97. The van der Waals surface area contributed by atoms with Gasteiger partial charge in [0.15, 0.2) is 0 Å². The van der Waals surface area contributed by atoms with E-state index in [0.29, 0.717) is 12.0 Å². The van der Waals surface area contributed by atoms with Gasteiger partial charge in [-0.25, -0.2) is 8.78 Å². The van der Waals surface area contributed by atoms with E-state index in [2.05, 4.69) is 4.98 Å². The molecular formula is C17H14F2N2. The lowest BCUT2D eigenvalue weighted by Crippen LogP contribution is -2.14. The first kappa shape index (κ1) is 13.6. The lowest BCUT2D eigenvalue weighted by Gasteiger charge is -2.14. The Hall–Kier alpha value is -2.33. The zero-order valence-electron chi connectivity index (χ0n) is 11.3. The first-order valence-corrected chi connectivity index (χ1v) is 6.66. The number of pyridine rings is 1. The maximum Gasteiger partial charge on any atom is 0.126 e. The highest BCUT2D eigenvalue weighted by Gasteiger charge is 2.12. The molecule has 3 rings (SSSR count). The molecular weight excluding hydrogens is 270 g/mol. The van der Waals surface area contributed by atoms with Crippen LogP contribution in [0.1, 0.15) is 17.2 Å². The van der Waals surface area contributed by atoms with E-state index in [0.717, 1.165) is 22.4 Å². The third-order valence-corrected chi connectivity index (χ3v) is 3.48. The summed E-state index contributed by atoms with van der Waals surface area (Å²) in [4.78, 5) is 4.18. The summed E-state index contributed by atoms with van der Waals surface area (Å²) in [6.45, 7) is 0. The van der Waals surface area contributed by atoms with Gasteiger partial charge < -0.3 is 5.73 Å². The maximum atomic E-state index is 13.2. The molecule has 0 aliphatic rings. The summed E-state index contributed by atoms with van der Waals surface area (Å²) in [5.74, 6) is -1.18. The molecule has 0 saturated heterocycles. The predicted molar refractivity (Wildman–Crippen MR) is 78.7 cm³/mol. The summed E-state index contributed by atoms with van der Waals surface area (Å²) in [6, 6.07) is 10.9. The van der Waals surface area contributed by atoms with Crippen molar-refractivity contribution in [3.8, 4) is 0 Å². The van der Waals surface area contributed by atoms with Crippen LogP contribution in [0.4, 0.5) is 8.78 Å². The summed E-state index contributed by atoms with van der Waals surface area (Å²) in [6.07, 6.45) is 3.83. The zero-order chi connectivity index (χ0) is 14.8. The van der Waals surface area contributed by atoms with Crippen LogP contribution in [0.5, 0.6) is 0 Å². The second kappa shape index (κ2) is 5.58. The Labute approximate surface area is 121 Å². The average molecular weight is 284 g/mol. The van der Waals surface area contributed by atoms with Crippen molar-refractivity contribution in [1.82, 2.24) is 4.98 Å². The van der Waals surface area contributed by atoms with E-state index in [1.165, 1.54) is 12.1 Å². The highest BCUT2D eigenvalue weighted by molar-refractivity contribution is 5.85. The van der Waals surface area contributed by atoms with E-state index in [-0.39, 0.29) is 6.04 Å². The molecule has 1 atom stereocenters. The van der Waals surface area contributed by atoms with Crippen LogP contribution in [-0.4, -0.2) is 4.98 Å². The molecule has 4 heteroatoms. The van der Waals surface area contributed by atoms with E-state index in [4.69, 9.17) is 5.73 Å². The van der Waals surface area contributed by atoms with Crippen LogP contribution in [0.25, 0.3) is 10.8 Å². The van der Waals surface area contributed by atoms with Gasteiger partial charge in [-0.15, -0.1) is 0 Å². The highest BCUT2D eigenvalue weighted by Crippen LogP contribution is 2.24. The standard InChI is InChI=1S/C17H14F2N2/c18-13-5-11(6-14(19)8-13)7-17(20)16-10-21-9-12-3-1-2-4-15(12)16/h1-6,8-10,17H,7,20H2. The molecule has 1 unspecified atom stereocenters. The first-order chi connectivity index (χ1) is 10.1. The molecule has 0 amide bonds. The molecule has 21 heavy (non-hydrogen) atoms. The van der Waals surface area contributed by atoms with E-state index in [1.807, 2.05) is 24.3 Å². The fraction of sp³-hybridized carbons (Fsp3) is 0.118. The second-order valence-corrected chi connectivity index (χ2v) is 5.04. The van der Waals surface area contributed by atoms with Gasteiger partial charge >= 0.3 is 0 Å². The highest BCUT2D eigenvalue weighted by atomic mass is 19.1. The smallest absolute Gasteiger partial charge is 0.126 e. The minimum absolute atomic E-state index is 0.352. The van der Waals surface area contributed by atoms with Gasteiger partial charge in [0.05, 0.1) is 0 Å². The van der Waals surface area contributed by atoms with Gasteiger partial charge in [-0.2, -0.15) is 0 Å². The topological polar surface area (TPSA) is 38.9 Å². The maximum absolute atomic E-state index is 13.2. The normalized spacial score (nSPS) is 12.5. The number of fused-ring (bicyclic) bond motifs is 1. The molecule has 1 aromatic heterocycles. The summed E-state index contributed by atoms with van der Waals surface area (Å²) >= 11 is 0. The Kier molecular flexibility index (Phi) is 3.62. The molecule has 1 heterocycles. The zero-order valence-corrected chi connectivity index (χ0v) is 11.3. The molecule has 2 N–H and O–H groups in total. The third kappa shape index (κ3) is 2.90. The molecule has 0 aliphatic carbocycles. The minimum Gasteiger partial charge on any atom is -0.324 e. The number of aromatic nitrogens is 1. The van der Waals surface area contributed by atoms with Crippen LogP contribution in [-0.2, 0) is 6.42 Å². The number of nitrogens with zero attached hydrogens (tertiary/aromatic N) is 1. The quantitative estimate of drug-likeness (QED) is 0.795. The molecule has 2 nitrogen and oxygen atoms in total. The number of halogens is 2. The van der Waals surface area contributed by atoms with Gasteiger partial charge in [-0.1, -0.05) is 24.3 Å². The van der Waals surface area contributed by atoms with Crippen molar-refractivity contribution in [3.63, 3.8) is 0 Å². The van der Waals surface area contributed by atoms with Gasteiger partial charge in [0.2, 0.25) is 0 Å². The van der Waals surface area contributed by atoms with Gasteiger partial charge in [0, 0.05) is 29.9 Å². The van der Waals surface area contributed by atoms with Crippen molar-refractivity contribution in [3.05, 3.63) is 77.6 Å². The Morgan fingerprint density at radius 3 is 2.48 bits per heavy atom. The average Bonchev–Trinajstić information content (AvgIpc) is 2.45. The van der Waals surface area contributed by atoms with Gasteiger partial charge in [0.1, 0.15) is 11.6 Å². The fourth-order valence-electron chi connectivity index (χ4n) is 2.53. The van der Waals surface area contributed by atoms with Crippen molar-refractivity contribution in [2.45, 2.75) is 12.5 Å². The Morgan fingerprint density at radius 1 is 1.00 bits per heavy atom. The summed E-state index contributed by atoms with van der Waals surface area (Å²) in [5, 5.41) is 2.01. The Balaban J connectivity index is 1.95. The number of nitrogens with two attached hydrogens (primary N) is 1. The minimum atomic E-state index is -0.590. The molecule has 0 radical (unpaired) electrons. The van der Waals surface area contributed by atoms with Crippen LogP contribution in [0, 0.1) is 11.6 Å². The second-order valence-electron chi connectivity index (χ2n) is 5.04. The number of benzene rings is 2. The first-order valence-electron chi connectivity index (χ1n) is 6.66. The number of rotatable bonds is 3. The van der Waals surface area contributed by atoms with Crippen molar-refractivity contribution in [2.75, 3.05) is 0 Å². The monoisotopic (exact) mass is 284 g/mol. The van der Waals surface area contributed by atoms with Gasteiger partial charge in [-0.3, -0.25) is 4.98 Å². The van der Waals surface area contributed by atoms with Crippen LogP contribution >= 0.6 is 0 Å². The number of hydrogen-bond acceptors (Lipinski definition) is 2. The van der Waals surface area contributed by atoms with E-state index in [9.17, 15) is 8.78 Å². The van der Waals surface area contributed by atoms with Crippen LogP contribution in [0.3, 0.4) is 0 Å². The molecule has 0 bridgehead atoms. The molecule has 2 aromatic carbocycles. The Morgan fingerprint density at radius 2 is 1.71 bits per heavy atom. The summed E-state index contributed by atoms with van der Waals surface area (Å²) in [5.41, 5.74) is 7.62. The van der Waals surface area contributed by atoms with E-state index >= 15 is 0 Å². The van der Waals surface area contributed by atoms with Crippen LogP contribution < -0.4 is 5.73 Å². The molecule has 106 valence electrons. The van der Waals surface area contributed by atoms with E-state index < -0.39 is 11.6 Å². The van der Waals surface area contributed by atoms with Crippen molar-refractivity contribution in [1.29, 1.82) is 0 Å². The van der Waals surface area contributed by atoms with Gasteiger partial charge in [-0.05, 0) is 35.1 Å². The Bertz CT molecular complexity index is 761. The molecule has 0 spiro atoms. The van der Waals surface area contributed by atoms with E-state index in [1.54, 1.807) is 12.4 Å². The van der Waals surface area contributed by atoms with Crippen molar-refractivity contribution < 1.29 is 8.78 Å². The van der Waals surface area contributed by atoms with Gasteiger partial charge in [0.25, 0.3) is 0 Å². The number of hydrogen-bond donors (Lipinski definition) is 1. The molecule has 0 aliphatic heterocycles. The predicted octanol–water partition coefficient (Wildman–Crippen LogP) is 3.76. The summed E-state index contributed by atoms with van der Waals surface area (Å²) in [7, 11) is 0. The largest absolute Gasteiger partial charge is 0.324 e.